The zero-order chi connectivity index (χ0) is 19.6. The number of hydrazone groups is 1. The van der Waals surface area contributed by atoms with Crippen molar-refractivity contribution < 1.29 is 26.9 Å². The van der Waals surface area contributed by atoms with Gasteiger partial charge in [0, 0.05) is 17.7 Å². The van der Waals surface area contributed by atoms with Crippen molar-refractivity contribution in [2.45, 2.75) is 0 Å². The highest BCUT2D eigenvalue weighted by Crippen LogP contribution is 2.25. The maximum Gasteiger partial charge on any atom is 0.270 e. The lowest BCUT2D eigenvalue weighted by Crippen LogP contribution is -2.05. The fourth-order valence-corrected chi connectivity index (χ4v) is 2.10. The lowest BCUT2D eigenvalue weighted by atomic mass is 10.1. The van der Waals surface area contributed by atoms with Gasteiger partial charge in [-0.3, -0.25) is 15.5 Å². The third-order valence-corrected chi connectivity index (χ3v) is 3.33. The number of pyridine rings is 1. The van der Waals surface area contributed by atoms with E-state index in [0.717, 1.165) is 6.21 Å². The fraction of sp³-hybridized carbons (Fsp3) is 0. The Morgan fingerprint density at radius 3 is 2.48 bits per heavy atom. The highest BCUT2D eigenvalue weighted by Gasteiger charge is 2.20. The van der Waals surface area contributed by atoms with Crippen LogP contribution in [-0.2, 0) is 0 Å². The van der Waals surface area contributed by atoms with Gasteiger partial charge in [-0.1, -0.05) is 12.1 Å². The molecule has 0 bridgehead atoms. The summed E-state index contributed by atoms with van der Waals surface area (Å²) >= 11 is 0. The molecule has 0 radical (unpaired) electrons. The van der Waals surface area contributed by atoms with Crippen molar-refractivity contribution >= 4 is 17.6 Å². The highest BCUT2D eigenvalue weighted by molar-refractivity contribution is 5.78. The minimum atomic E-state index is -1.82. The summed E-state index contributed by atoms with van der Waals surface area (Å²) < 4.78 is 58.3. The number of nitrogens with zero attached hydrogens (tertiary/aromatic N) is 3. The van der Waals surface area contributed by atoms with Crippen LogP contribution in [0.5, 0.6) is 0 Å². The van der Waals surface area contributed by atoms with E-state index in [1.54, 1.807) is 6.07 Å². The van der Waals surface area contributed by atoms with E-state index in [-0.39, 0.29) is 17.2 Å². The van der Waals surface area contributed by atoms with Crippen molar-refractivity contribution in [3.63, 3.8) is 0 Å². The first-order chi connectivity index (χ1) is 12.9. The van der Waals surface area contributed by atoms with E-state index >= 15 is 0 Å². The van der Waals surface area contributed by atoms with Gasteiger partial charge in [-0.05, 0) is 12.1 Å². The molecule has 3 rings (SSSR count). The molecule has 0 saturated heterocycles. The molecule has 0 aliphatic carbocycles. The van der Waals surface area contributed by atoms with Gasteiger partial charge < -0.3 is 4.42 Å². The van der Waals surface area contributed by atoms with Crippen molar-refractivity contribution in [2.75, 3.05) is 5.43 Å². The minimum Gasteiger partial charge on any atom is -0.455 e. The fourth-order valence-electron chi connectivity index (χ4n) is 2.10. The molecule has 0 spiro atoms. The number of non-ortho nitro benzene ring substituents is 1. The van der Waals surface area contributed by atoms with Crippen molar-refractivity contribution in [2.24, 2.45) is 5.10 Å². The van der Waals surface area contributed by atoms with Crippen LogP contribution in [0.3, 0.4) is 0 Å². The highest BCUT2D eigenvalue weighted by atomic mass is 19.2. The molecule has 2 aromatic heterocycles. The van der Waals surface area contributed by atoms with Gasteiger partial charge >= 0.3 is 0 Å². The normalized spacial score (nSPS) is 11.1. The number of hydrogen-bond donors (Lipinski definition) is 1. The molecule has 3 aromatic rings. The molecule has 1 N–H and O–H groups in total. The van der Waals surface area contributed by atoms with E-state index in [2.05, 4.69) is 10.1 Å². The van der Waals surface area contributed by atoms with Crippen LogP contribution in [0, 0.1) is 33.6 Å². The SMILES string of the molecule is O=[N+]([O-])c1cccc(-c2ccc(/C=N\Nc3c(F)c(F)nc(F)c3F)o2)c1. The standard InChI is InChI=1S/C16H8F4N4O3/c17-12-14(13(18)16(20)22-15(12)19)23-21-7-10-4-5-11(27-10)8-2-1-3-9(6-8)24(25)26/h1-7H,(H,22,23)/b21-7-. The van der Waals surface area contributed by atoms with Crippen LogP contribution in [0.2, 0.25) is 0 Å². The Hall–Kier alpha value is -3.76. The zero-order valence-corrected chi connectivity index (χ0v) is 13.1. The van der Waals surface area contributed by atoms with Crippen LogP contribution < -0.4 is 5.43 Å². The Bertz CT molecular complexity index is 1030. The molecule has 0 saturated carbocycles. The molecular formula is C16H8F4N4O3. The largest absolute Gasteiger partial charge is 0.455 e. The lowest BCUT2D eigenvalue weighted by Gasteiger charge is -2.04. The van der Waals surface area contributed by atoms with E-state index in [1.165, 1.54) is 30.3 Å². The van der Waals surface area contributed by atoms with Gasteiger partial charge in [0.25, 0.3) is 17.6 Å². The Morgan fingerprint density at radius 2 is 1.81 bits per heavy atom. The van der Waals surface area contributed by atoms with Crippen molar-refractivity contribution in [3.05, 3.63) is 75.8 Å². The van der Waals surface area contributed by atoms with Crippen molar-refractivity contribution in [1.82, 2.24) is 4.98 Å². The molecule has 0 amide bonds. The van der Waals surface area contributed by atoms with E-state index in [1.807, 2.05) is 5.43 Å². The number of nitro benzene ring substituents is 1. The molecule has 7 nitrogen and oxygen atoms in total. The predicted octanol–water partition coefficient (Wildman–Crippen LogP) is 4.25. The van der Waals surface area contributed by atoms with Gasteiger partial charge in [-0.15, -0.1) is 0 Å². The molecule has 0 atom stereocenters. The summed E-state index contributed by atoms with van der Waals surface area (Å²) in [6.07, 6.45) is 0.996. The number of anilines is 1. The topological polar surface area (TPSA) is 93.6 Å². The molecule has 11 heteroatoms. The first-order valence-corrected chi connectivity index (χ1v) is 7.20. The van der Waals surface area contributed by atoms with Crippen molar-refractivity contribution in [1.29, 1.82) is 0 Å². The summed E-state index contributed by atoms with van der Waals surface area (Å²) in [5, 5.41) is 14.2. The lowest BCUT2D eigenvalue weighted by molar-refractivity contribution is -0.384. The summed E-state index contributed by atoms with van der Waals surface area (Å²) in [4.78, 5) is 12.6. The molecule has 0 aliphatic heterocycles. The maximum absolute atomic E-state index is 13.4. The molecule has 0 unspecified atom stereocenters. The molecule has 2 heterocycles. The van der Waals surface area contributed by atoms with E-state index in [0.29, 0.717) is 5.56 Å². The number of nitrogens with one attached hydrogen (secondary N) is 1. The van der Waals surface area contributed by atoms with Crippen LogP contribution in [0.4, 0.5) is 28.9 Å². The number of rotatable bonds is 5. The molecule has 138 valence electrons. The van der Waals surface area contributed by atoms with Gasteiger partial charge in [0.15, 0.2) is 0 Å². The van der Waals surface area contributed by atoms with Crippen LogP contribution in [0.25, 0.3) is 11.3 Å². The summed E-state index contributed by atoms with van der Waals surface area (Å²) in [5.41, 5.74) is 0.976. The number of halogens is 4. The number of benzene rings is 1. The summed E-state index contributed by atoms with van der Waals surface area (Å²) in [5.74, 6) is -6.72. The molecule has 0 fully saturated rings. The molecular weight excluding hydrogens is 372 g/mol. The number of hydrogen-bond acceptors (Lipinski definition) is 6. The second-order valence-electron chi connectivity index (χ2n) is 5.08. The average Bonchev–Trinajstić information content (AvgIpc) is 3.12. The molecule has 27 heavy (non-hydrogen) atoms. The minimum absolute atomic E-state index is 0.111. The van der Waals surface area contributed by atoms with Gasteiger partial charge in [0.1, 0.15) is 17.2 Å². The van der Waals surface area contributed by atoms with Crippen LogP contribution >= 0.6 is 0 Å². The van der Waals surface area contributed by atoms with Gasteiger partial charge in [0.2, 0.25) is 11.6 Å². The van der Waals surface area contributed by atoms with E-state index in [9.17, 15) is 27.7 Å². The third-order valence-electron chi connectivity index (χ3n) is 3.33. The van der Waals surface area contributed by atoms with Gasteiger partial charge in [0.05, 0.1) is 11.1 Å². The predicted molar refractivity (Wildman–Crippen MR) is 86.1 cm³/mol. The Kier molecular flexibility index (Phi) is 4.83. The summed E-state index contributed by atoms with van der Waals surface area (Å²) in [6, 6.07) is 8.59. The van der Waals surface area contributed by atoms with Crippen molar-refractivity contribution in [3.8, 4) is 11.3 Å². The third kappa shape index (κ3) is 3.76. The summed E-state index contributed by atoms with van der Waals surface area (Å²) in [7, 11) is 0. The van der Waals surface area contributed by atoms with Gasteiger partial charge in [-0.25, -0.2) is 0 Å². The zero-order valence-electron chi connectivity index (χ0n) is 13.1. The number of furan rings is 1. The van der Waals surface area contributed by atoms with Crippen LogP contribution in [-0.4, -0.2) is 16.1 Å². The smallest absolute Gasteiger partial charge is 0.270 e. The van der Waals surface area contributed by atoms with E-state index < -0.39 is 34.1 Å². The number of nitro groups is 1. The second-order valence-corrected chi connectivity index (χ2v) is 5.08. The quantitative estimate of drug-likeness (QED) is 0.235. The Balaban J connectivity index is 1.79. The first-order valence-electron chi connectivity index (χ1n) is 7.20. The Morgan fingerprint density at radius 1 is 1.11 bits per heavy atom. The number of aromatic nitrogens is 1. The Labute approximate surface area is 148 Å². The van der Waals surface area contributed by atoms with Crippen LogP contribution in [0.15, 0.2) is 45.9 Å². The van der Waals surface area contributed by atoms with E-state index in [4.69, 9.17) is 4.42 Å². The second kappa shape index (κ2) is 7.23. The maximum atomic E-state index is 13.4. The monoisotopic (exact) mass is 380 g/mol. The van der Waals surface area contributed by atoms with Crippen LogP contribution in [0.1, 0.15) is 5.76 Å². The average molecular weight is 380 g/mol. The van der Waals surface area contributed by atoms with Gasteiger partial charge in [-0.2, -0.15) is 27.6 Å². The molecule has 1 aromatic carbocycles. The molecule has 0 aliphatic rings. The summed E-state index contributed by atoms with van der Waals surface area (Å²) in [6.45, 7) is 0. The first kappa shape index (κ1) is 18.0.